The van der Waals surface area contributed by atoms with Gasteiger partial charge in [0, 0.05) is 6.04 Å². The third-order valence-corrected chi connectivity index (χ3v) is 4.99. The molecule has 0 saturated heterocycles. The molecule has 0 fully saturated rings. The van der Waals surface area contributed by atoms with E-state index in [-0.39, 0.29) is 11.9 Å². The first-order valence-electron chi connectivity index (χ1n) is 6.01. The zero-order valence-corrected chi connectivity index (χ0v) is 14.4. The highest BCUT2D eigenvalue weighted by molar-refractivity contribution is 9.11. The molecule has 0 aliphatic rings. The molecule has 0 aliphatic heterocycles. The Balaban J connectivity index is 2.18. The van der Waals surface area contributed by atoms with Crippen LogP contribution in [0.4, 0.5) is 4.39 Å². The molecule has 1 aromatic carbocycles. The molecular formula is C14H14Br2FNS. The Hall–Kier alpha value is -0.230. The molecule has 0 aliphatic carbocycles. The zero-order chi connectivity index (χ0) is 13.8. The first kappa shape index (κ1) is 15.2. The van der Waals surface area contributed by atoms with E-state index >= 15 is 0 Å². The van der Waals surface area contributed by atoms with Gasteiger partial charge in [0.1, 0.15) is 5.82 Å². The van der Waals surface area contributed by atoms with Crippen LogP contribution in [0.5, 0.6) is 0 Å². The largest absolute Gasteiger partial charge is 0.310 e. The van der Waals surface area contributed by atoms with Crippen LogP contribution < -0.4 is 5.32 Å². The molecule has 5 heteroatoms. The van der Waals surface area contributed by atoms with Crippen LogP contribution in [-0.4, -0.2) is 6.54 Å². The van der Waals surface area contributed by atoms with Gasteiger partial charge in [0.05, 0.1) is 8.26 Å². The Labute approximate surface area is 133 Å². The molecule has 0 saturated carbocycles. The van der Waals surface area contributed by atoms with E-state index in [9.17, 15) is 4.39 Å². The van der Waals surface area contributed by atoms with Gasteiger partial charge in [-0.3, -0.25) is 0 Å². The highest BCUT2D eigenvalue weighted by Crippen LogP contribution is 2.28. The SMILES string of the molecule is CCNC(Cc1ccc(F)c(Br)c1)c1csc(Br)c1. The zero-order valence-electron chi connectivity index (χ0n) is 10.4. The van der Waals surface area contributed by atoms with Crippen molar-refractivity contribution in [3.8, 4) is 0 Å². The van der Waals surface area contributed by atoms with Crippen molar-refractivity contribution in [1.29, 1.82) is 0 Å². The van der Waals surface area contributed by atoms with E-state index in [1.165, 1.54) is 11.6 Å². The summed E-state index contributed by atoms with van der Waals surface area (Å²) in [7, 11) is 0. The molecule has 102 valence electrons. The second-order valence-corrected chi connectivity index (χ2v) is 7.39. The molecule has 0 spiro atoms. The average Bonchev–Trinajstić information content (AvgIpc) is 2.80. The van der Waals surface area contributed by atoms with Gasteiger partial charge >= 0.3 is 0 Å². The maximum Gasteiger partial charge on any atom is 0.137 e. The molecule has 1 atom stereocenters. The summed E-state index contributed by atoms with van der Waals surface area (Å²) in [4.78, 5) is 0. The highest BCUT2D eigenvalue weighted by Gasteiger charge is 2.13. The van der Waals surface area contributed by atoms with Crippen molar-refractivity contribution in [2.75, 3.05) is 6.54 Å². The fraction of sp³-hybridized carbons (Fsp3) is 0.286. The summed E-state index contributed by atoms with van der Waals surface area (Å²) in [6.45, 7) is 3.00. The first-order chi connectivity index (χ1) is 9.10. The lowest BCUT2D eigenvalue weighted by Crippen LogP contribution is -2.22. The molecule has 1 nitrogen and oxygen atoms in total. The molecule has 1 aromatic heterocycles. The Morgan fingerprint density at radius 3 is 2.68 bits per heavy atom. The minimum absolute atomic E-state index is 0.220. The molecule has 19 heavy (non-hydrogen) atoms. The second kappa shape index (κ2) is 6.97. The van der Waals surface area contributed by atoms with Crippen LogP contribution in [-0.2, 0) is 6.42 Å². The third-order valence-electron chi connectivity index (χ3n) is 2.86. The van der Waals surface area contributed by atoms with Gasteiger partial charge in [-0.15, -0.1) is 11.3 Å². The van der Waals surface area contributed by atoms with Crippen molar-refractivity contribution in [3.63, 3.8) is 0 Å². The number of likely N-dealkylation sites (N-methyl/N-ethyl adjacent to an activating group) is 1. The summed E-state index contributed by atoms with van der Waals surface area (Å²) in [5.41, 5.74) is 2.38. The fourth-order valence-corrected chi connectivity index (χ4v) is 3.62. The quantitative estimate of drug-likeness (QED) is 0.709. The lowest BCUT2D eigenvalue weighted by Gasteiger charge is -2.17. The number of nitrogens with one attached hydrogen (secondary N) is 1. The van der Waals surface area contributed by atoms with Crippen LogP contribution in [0, 0.1) is 5.82 Å². The number of hydrogen-bond donors (Lipinski definition) is 1. The second-order valence-electron chi connectivity index (χ2n) is 4.25. The molecule has 1 unspecified atom stereocenters. The van der Waals surface area contributed by atoms with E-state index in [0.717, 1.165) is 22.3 Å². The van der Waals surface area contributed by atoms with E-state index in [4.69, 9.17) is 0 Å². The minimum Gasteiger partial charge on any atom is -0.310 e. The minimum atomic E-state index is -0.220. The van der Waals surface area contributed by atoms with Crippen LogP contribution in [0.3, 0.4) is 0 Å². The molecule has 2 rings (SSSR count). The summed E-state index contributed by atoms with van der Waals surface area (Å²) >= 11 is 8.41. The average molecular weight is 407 g/mol. The third kappa shape index (κ3) is 4.12. The van der Waals surface area contributed by atoms with Gasteiger partial charge in [0.15, 0.2) is 0 Å². The molecule has 1 N–H and O–H groups in total. The number of halogens is 3. The summed E-state index contributed by atoms with van der Waals surface area (Å²) in [6.07, 6.45) is 0.843. The van der Waals surface area contributed by atoms with Crippen LogP contribution >= 0.6 is 43.2 Å². The molecule has 2 aromatic rings. The Kier molecular flexibility index (Phi) is 5.57. The van der Waals surface area contributed by atoms with Crippen molar-refractivity contribution in [2.45, 2.75) is 19.4 Å². The van der Waals surface area contributed by atoms with Crippen molar-refractivity contribution in [1.82, 2.24) is 5.32 Å². The summed E-state index contributed by atoms with van der Waals surface area (Å²) < 4.78 is 14.9. The first-order valence-corrected chi connectivity index (χ1v) is 8.48. The van der Waals surface area contributed by atoms with Crippen LogP contribution in [0.2, 0.25) is 0 Å². The summed E-state index contributed by atoms with van der Waals surface area (Å²) in [5, 5.41) is 5.62. The predicted octanol–water partition coefficient (Wildman–Crippen LogP) is 5.31. The van der Waals surface area contributed by atoms with Gasteiger partial charge in [-0.1, -0.05) is 13.0 Å². The van der Waals surface area contributed by atoms with Crippen LogP contribution in [0.15, 0.2) is 37.9 Å². The highest BCUT2D eigenvalue weighted by atomic mass is 79.9. The van der Waals surface area contributed by atoms with Crippen molar-refractivity contribution in [3.05, 3.63) is 54.8 Å². The monoisotopic (exact) mass is 405 g/mol. The number of hydrogen-bond acceptors (Lipinski definition) is 2. The molecule has 0 radical (unpaired) electrons. The van der Waals surface area contributed by atoms with Gasteiger partial charge < -0.3 is 5.32 Å². The smallest absolute Gasteiger partial charge is 0.137 e. The Bertz CT molecular complexity index is 556. The van der Waals surface area contributed by atoms with Gasteiger partial charge in [0.25, 0.3) is 0 Å². The molecular weight excluding hydrogens is 393 g/mol. The number of thiophene rings is 1. The van der Waals surface area contributed by atoms with Crippen LogP contribution in [0.25, 0.3) is 0 Å². The molecule has 1 heterocycles. The standard InChI is InChI=1S/C14H14Br2FNS/c1-2-18-13(10-7-14(16)19-8-10)6-9-3-4-12(17)11(15)5-9/h3-5,7-8,13,18H,2,6H2,1H3. The van der Waals surface area contributed by atoms with E-state index in [1.54, 1.807) is 11.3 Å². The number of rotatable bonds is 5. The van der Waals surface area contributed by atoms with E-state index < -0.39 is 0 Å². The Morgan fingerprint density at radius 2 is 2.11 bits per heavy atom. The lowest BCUT2D eigenvalue weighted by atomic mass is 10.0. The van der Waals surface area contributed by atoms with Crippen LogP contribution in [0.1, 0.15) is 24.1 Å². The lowest BCUT2D eigenvalue weighted by molar-refractivity contribution is 0.549. The maximum absolute atomic E-state index is 13.2. The maximum atomic E-state index is 13.2. The molecule has 0 amide bonds. The topological polar surface area (TPSA) is 12.0 Å². The summed E-state index contributed by atoms with van der Waals surface area (Å²) in [6, 6.07) is 7.58. The molecule has 0 bridgehead atoms. The van der Waals surface area contributed by atoms with Gasteiger partial charge in [-0.25, -0.2) is 4.39 Å². The van der Waals surface area contributed by atoms with E-state index in [2.05, 4.69) is 55.5 Å². The van der Waals surface area contributed by atoms with Crippen molar-refractivity contribution < 1.29 is 4.39 Å². The van der Waals surface area contributed by atoms with Crippen molar-refractivity contribution in [2.24, 2.45) is 0 Å². The van der Waals surface area contributed by atoms with Gasteiger partial charge in [-0.05, 0) is 79.5 Å². The van der Waals surface area contributed by atoms with E-state index in [0.29, 0.717) is 4.47 Å². The predicted molar refractivity (Wildman–Crippen MR) is 86.2 cm³/mol. The normalized spacial score (nSPS) is 12.6. The van der Waals surface area contributed by atoms with E-state index in [1.807, 2.05) is 12.1 Å². The summed E-state index contributed by atoms with van der Waals surface area (Å²) in [5.74, 6) is -0.220. The fourth-order valence-electron chi connectivity index (χ4n) is 1.96. The number of benzene rings is 1. The van der Waals surface area contributed by atoms with Gasteiger partial charge in [0.2, 0.25) is 0 Å². The Morgan fingerprint density at radius 1 is 1.32 bits per heavy atom. The van der Waals surface area contributed by atoms with Gasteiger partial charge in [-0.2, -0.15) is 0 Å². The van der Waals surface area contributed by atoms with Crippen molar-refractivity contribution >= 4 is 43.2 Å².